The van der Waals surface area contributed by atoms with Gasteiger partial charge in [-0.15, -0.1) is 0 Å². The number of nitrogens with two attached hydrogens (primary N) is 1. The minimum atomic E-state index is -0.286. The summed E-state index contributed by atoms with van der Waals surface area (Å²) in [5.41, 5.74) is 5.91. The van der Waals surface area contributed by atoms with Gasteiger partial charge in [-0.25, -0.2) is 0 Å². The van der Waals surface area contributed by atoms with Crippen LogP contribution in [0.5, 0.6) is 11.5 Å². The summed E-state index contributed by atoms with van der Waals surface area (Å²) in [5.74, 6) is -0.213. The second kappa shape index (κ2) is 5.27. The smallest absolute Gasteiger partial charge is 0.251 e. The van der Waals surface area contributed by atoms with Crippen LogP contribution in [-0.2, 0) is 0 Å². The molecule has 1 aliphatic carbocycles. The highest BCUT2D eigenvalue weighted by atomic mass is 16.3. The zero-order chi connectivity index (χ0) is 13.1. The maximum Gasteiger partial charge on any atom is 0.251 e. The fourth-order valence-corrected chi connectivity index (χ4v) is 2.49. The molecule has 5 N–H and O–H groups in total. The average molecular weight is 250 g/mol. The highest BCUT2D eigenvalue weighted by Gasteiger charge is 2.27. The molecule has 1 amide bonds. The summed E-state index contributed by atoms with van der Waals surface area (Å²) in [6.45, 7) is 0.566. The second-order valence-corrected chi connectivity index (χ2v) is 4.74. The molecule has 0 aliphatic heterocycles. The first-order valence-corrected chi connectivity index (χ1v) is 6.14. The quantitative estimate of drug-likeness (QED) is 0.642. The summed E-state index contributed by atoms with van der Waals surface area (Å²) in [7, 11) is 0. The van der Waals surface area contributed by atoms with Gasteiger partial charge in [-0.05, 0) is 37.4 Å². The number of amides is 1. The lowest BCUT2D eigenvalue weighted by Crippen LogP contribution is -2.39. The lowest BCUT2D eigenvalue weighted by Gasteiger charge is -2.19. The lowest BCUT2D eigenvalue weighted by molar-refractivity contribution is 0.0928. The Hall–Kier alpha value is -1.75. The van der Waals surface area contributed by atoms with E-state index in [9.17, 15) is 15.0 Å². The van der Waals surface area contributed by atoms with Crippen molar-refractivity contribution in [1.29, 1.82) is 0 Å². The van der Waals surface area contributed by atoms with E-state index < -0.39 is 0 Å². The number of hydrogen-bond donors (Lipinski definition) is 4. The molecule has 1 aromatic rings. The van der Waals surface area contributed by atoms with Crippen molar-refractivity contribution in [2.75, 3.05) is 6.54 Å². The van der Waals surface area contributed by atoms with Crippen LogP contribution >= 0.6 is 0 Å². The number of carbonyl (C=O) groups excluding carboxylic acids is 1. The topological polar surface area (TPSA) is 95.6 Å². The zero-order valence-electron chi connectivity index (χ0n) is 10.1. The van der Waals surface area contributed by atoms with Crippen LogP contribution in [0.25, 0.3) is 0 Å². The number of nitrogens with one attached hydrogen (secondary N) is 1. The lowest BCUT2D eigenvalue weighted by atomic mass is 10.0. The van der Waals surface area contributed by atoms with Crippen molar-refractivity contribution < 1.29 is 15.0 Å². The van der Waals surface area contributed by atoms with Crippen molar-refractivity contribution >= 4 is 5.91 Å². The Bertz CT molecular complexity index is 428. The maximum atomic E-state index is 12.0. The standard InChI is InChI=1S/C13H18N2O3/c14-7-8-2-1-3-12(8)15-13(18)9-4-10(16)6-11(17)5-9/h4-6,8,12,16-17H,1-3,7,14H2,(H,15,18). The molecule has 0 aromatic heterocycles. The van der Waals surface area contributed by atoms with Gasteiger partial charge in [0.25, 0.3) is 5.91 Å². The Morgan fingerprint density at radius 2 is 1.94 bits per heavy atom. The third-order valence-corrected chi connectivity index (χ3v) is 3.44. The second-order valence-electron chi connectivity index (χ2n) is 4.74. The molecule has 98 valence electrons. The summed E-state index contributed by atoms with van der Waals surface area (Å²) in [6, 6.07) is 3.95. The molecule has 1 aromatic carbocycles. The Morgan fingerprint density at radius 3 is 2.56 bits per heavy atom. The molecule has 5 heteroatoms. The minimum absolute atomic E-state index is 0.0898. The number of carbonyl (C=O) groups is 1. The van der Waals surface area contributed by atoms with E-state index >= 15 is 0 Å². The molecule has 2 rings (SSSR count). The molecule has 0 bridgehead atoms. The normalized spacial score (nSPS) is 22.9. The van der Waals surface area contributed by atoms with E-state index in [0.717, 1.165) is 19.3 Å². The van der Waals surface area contributed by atoms with Crippen LogP contribution in [0.2, 0.25) is 0 Å². The first-order chi connectivity index (χ1) is 8.60. The largest absolute Gasteiger partial charge is 0.508 e. The van der Waals surface area contributed by atoms with Crippen LogP contribution < -0.4 is 11.1 Å². The van der Waals surface area contributed by atoms with Gasteiger partial charge in [-0.2, -0.15) is 0 Å². The Labute approximate surface area is 106 Å². The van der Waals surface area contributed by atoms with Gasteiger partial charge in [0.2, 0.25) is 0 Å². The minimum Gasteiger partial charge on any atom is -0.508 e. The first-order valence-electron chi connectivity index (χ1n) is 6.14. The van der Waals surface area contributed by atoms with Crippen LogP contribution in [0, 0.1) is 5.92 Å². The van der Waals surface area contributed by atoms with E-state index in [1.807, 2.05) is 0 Å². The fourth-order valence-electron chi connectivity index (χ4n) is 2.49. The maximum absolute atomic E-state index is 12.0. The predicted octanol–water partition coefficient (Wildman–Crippen LogP) is 0.955. The molecule has 0 radical (unpaired) electrons. The van der Waals surface area contributed by atoms with Crippen LogP contribution in [0.1, 0.15) is 29.6 Å². The van der Waals surface area contributed by atoms with Crippen molar-refractivity contribution in [3.63, 3.8) is 0 Å². The molecule has 1 saturated carbocycles. The Kier molecular flexibility index (Phi) is 3.72. The molecule has 1 aliphatic rings. The third kappa shape index (κ3) is 2.73. The molecule has 18 heavy (non-hydrogen) atoms. The van der Waals surface area contributed by atoms with Crippen molar-refractivity contribution in [3.8, 4) is 11.5 Å². The number of rotatable bonds is 3. The molecule has 1 fully saturated rings. The average Bonchev–Trinajstić information content (AvgIpc) is 2.75. The number of phenolic OH excluding ortho intramolecular Hbond substituents is 2. The first kappa shape index (κ1) is 12.7. The van der Waals surface area contributed by atoms with Crippen molar-refractivity contribution in [3.05, 3.63) is 23.8 Å². The molecule has 2 atom stereocenters. The molecular weight excluding hydrogens is 232 g/mol. The number of hydrogen-bond acceptors (Lipinski definition) is 4. The summed E-state index contributed by atoms with van der Waals surface area (Å²) < 4.78 is 0. The molecule has 0 saturated heterocycles. The van der Waals surface area contributed by atoms with Gasteiger partial charge in [-0.3, -0.25) is 4.79 Å². The van der Waals surface area contributed by atoms with E-state index in [4.69, 9.17) is 5.73 Å². The SMILES string of the molecule is NCC1CCCC1NC(=O)c1cc(O)cc(O)c1. The molecule has 5 nitrogen and oxygen atoms in total. The van der Waals surface area contributed by atoms with Crippen molar-refractivity contribution in [2.24, 2.45) is 11.7 Å². The molecule has 2 unspecified atom stereocenters. The summed E-state index contributed by atoms with van der Waals surface area (Å²) in [6.07, 6.45) is 3.03. The van der Waals surface area contributed by atoms with Crippen LogP contribution in [0.3, 0.4) is 0 Å². The van der Waals surface area contributed by atoms with Crippen molar-refractivity contribution in [2.45, 2.75) is 25.3 Å². The zero-order valence-corrected chi connectivity index (χ0v) is 10.1. The van der Waals surface area contributed by atoms with Crippen molar-refractivity contribution in [1.82, 2.24) is 5.32 Å². The molecular formula is C13H18N2O3. The van der Waals surface area contributed by atoms with Gasteiger partial charge in [0.1, 0.15) is 11.5 Å². The Balaban J connectivity index is 2.07. The van der Waals surface area contributed by atoms with Gasteiger partial charge in [-0.1, -0.05) is 6.42 Å². The fraction of sp³-hybridized carbons (Fsp3) is 0.462. The predicted molar refractivity (Wildman–Crippen MR) is 67.4 cm³/mol. The van der Waals surface area contributed by atoms with Gasteiger partial charge >= 0.3 is 0 Å². The van der Waals surface area contributed by atoms with E-state index in [0.29, 0.717) is 12.5 Å². The monoisotopic (exact) mass is 250 g/mol. The van der Waals surface area contributed by atoms with Crippen LogP contribution in [0.4, 0.5) is 0 Å². The third-order valence-electron chi connectivity index (χ3n) is 3.44. The van der Waals surface area contributed by atoms with E-state index in [1.165, 1.54) is 18.2 Å². The highest BCUT2D eigenvalue weighted by Crippen LogP contribution is 2.26. The van der Waals surface area contributed by atoms with E-state index in [1.54, 1.807) is 0 Å². The number of benzene rings is 1. The summed E-state index contributed by atoms with van der Waals surface area (Å²) >= 11 is 0. The van der Waals surface area contributed by atoms with Crippen LogP contribution in [-0.4, -0.2) is 28.7 Å². The van der Waals surface area contributed by atoms with Gasteiger partial charge in [0, 0.05) is 17.7 Å². The number of aromatic hydroxyl groups is 2. The summed E-state index contributed by atoms with van der Waals surface area (Å²) in [4.78, 5) is 12.0. The van der Waals surface area contributed by atoms with Gasteiger partial charge < -0.3 is 21.3 Å². The van der Waals surface area contributed by atoms with Gasteiger partial charge in [0.05, 0.1) is 0 Å². The highest BCUT2D eigenvalue weighted by molar-refractivity contribution is 5.95. The molecule has 0 heterocycles. The number of phenols is 2. The van der Waals surface area contributed by atoms with E-state index in [2.05, 4.69) is 5.32 Å². The van der Waals surface area contributed by atoms with Crippen LogP contribution in [0.15, 0.2) is 18.2 Å². The summed E-state index contributed by atoms with van der Waals surface area (Å²) in [5, 5.41) is 21.6. The molecule has 0 spiro atoms. The van der Waals surface area contributed by atoms with E-state index in [-0.39, 0.29) is 29.0 Å². The van der Waals surface area contributed by atoms with Gasteiger partial charge in [0.15, 0.2) is 0 Å². The Morgan fingerprint density at radius 1 is 1.28 bits per heavy atom.